The lowest BCUT2D eigenvalue weighted by atomic mass is 10.1. The molecule has 2 saturated heterocycles. The number of piperidine rings is 2. The molecule has 214 valence electrons. The molecule has 4 N–H and O–H groups in total. The fourth-order valence-corrected chi connectivity index (χ4v) is 6.46. The SMILES string of the molecule is CCCn1c2ccccc2c2nc3cc(NCCN4CCC(O)CC4)ccc3c(NCCN3CCC(O)CC3)c21. The van der Waals surface area contributed by atoms with E-state index in [1.54, 1.807) is 0 Å². The highest BCUT2D eigenvalue weighted by atomic mass is 16.3. The van der Waals surface area contributed by atoms with Crippen LogP contribution in [0.2, 0.25) is 0 Å². The van der Waals surface area contributed by atoms with Gasteiger partial charge in [0.05, 0.1) is 40.0 Å². The number of nitrogens with one attached hydrogen (secondary N) is 2. The number of pyridine rings is 1. The van der Waals surface area contributed by atoms with Gasteiger partial charge >= 0.3 is 0 Å². The number of aliphatic hydroxyl groups excluding tert-OH is 2. The first-order valence-electron chi connectivity index (χ1n) is 15.2. The van der Waals surface area contributed by atoms with E-state index in [2.05, 4.69) is 74.4 Å². The molecule has 40 heavy (non-hydrogen) atoms. The normalized spacial score (nSPS) is 18.3. The predicted molar refractivity (Wildman–Crippen MR) is 165 cm³/mol. The largest absolute Gasteiger partial charge is 0.393 e. The summed E-state index contributed by atoms with van der Waals surface area (Å²) in [6.07, 6.45) is 4.25. The number of fused-ring (bicyclic) bond motifs is 4. The summed E-state index contributed by atoms with van der Waals surface area (Å²) >= 11 is 0. The van der Waals surface area contributed by atoms with Gasteiger partial charge in [-0.3, -0.25) is 0 Å². The highest BCUT2D eigenvalue weighted by Gasteiger charge is 2.20. The number of rotatable bonds is 10. The Labute approximate surface area is 237 Å². The lowest BCUT2D eigenvalue weighted by Gasteiger charge is -2.29. The average molecular weight is 545 g/mol. The highest BCUT2D eigenvalue weighted by molar-refractivity contribution is 6.16. The van der Waals surface area contributed by atoms with E-state index in [9.17, 15) is 10.2 Å². The Morgan fingerprint density at radius 1 is 0.800 bits per heavy atom. The van der Waals surface area contributed by atoms with E-state index in [1.165, 1.54) is 22.1 Å². The molecule has 4 aromatic rings. The summed E-state index contributed by atoms with van der Waals surface area (Å²) < 4.78 is 2.44. The van der Waals surface area contributed by atoms with Gasteiger partial charge in [-0.25, -0.2) is 4.98 Å². The zero-order valence-corrected chi connectivity index (χ0v) is 23.8. The van der Waals surface area contributed by atoms with Gasteiger partial charge < -0.3 is 35.2 Å². The molecular weight excluding hydrogens is 500 g/mol. The molecule has 8 nitrogen and oxygen atoms in total. The lowest BCUT2D eigenvalue weighted by Crippen LogP contribution is -2.38. The molecular formula is C32H44N6O2. The summed E-state index contributed by atoms with van der Waals surface area (Å²) in [4.78, 5) is 10.1. The number of hydrogen-bond donors (Lipinski definition) is 4. The monoisotopic (exact) mass is 544 g/mol. The van der Waals surface area contributed by atoms with Crippen molar-refractivity contribution in [1.82, 2.24) is 19.4 Å². The van der Waals surface area contributed by atoms with E-state index in [4.69, 9.17) is 4.98 Å². The van der Waals surface area contributed by atoms with Crippen LogP contribution in [0, 0.1) is 0 Å². The minimum atomic E-state index is -0.145. The number of aliphatic hydroxyl groups is 2. The van der Waals surface area contributed by atoms with E-state index in [1.807, 2.05) is 0 Å². The Morgan fingerprint density at radius 2 is 1.45 bits per heavy atom. The molecule has 2 fully saturated rings. The molecule has 0 aliphatic carbocycles. The van der Waals surface area contributed by atoms with Crippen LogP contribution < -0.4 is 10.6 Å². The fourth-order valence-electron chi connectivity index (χ4n) is 6.46. The van der Waals surface area contributed by atoms with Crippen LogP contribution >= 0.6 is 0 Å². The van der Waals surface area contributed by atoms with E-state index >= 15 is 0 Å². The van der Waals surface area contributed by atoms with Crippen LogP contribution in [0.5, 0.6) is 0 Å². The number of anilines is 2. The van der Waals surface area contributed by atoms with E-state index in [-0.39, 0.29) is 12.2 Å². The summed E-state index contributed by atoms with van der Waals surface area (Å²) in [6.45, 7) is 10.7. The molecule has 0 saturated carbocycles. The molecule has 8 heteroatoms. The molecule has 2 aliphatic rings. The number of likely N-dealkylation sites (tertiary alicyclic amines) is 2. The predicted octanol–water partition coefficient (Wildman–Crippen LogP) is 4.49. The third-order valence-corrected chi connectivity index (χ3v) is 8.73. The molecule has 4 heterocycles. The Kier molecular flexibility index (Phi) is 8.39. The van der Waals surface area contributed by atoms with Crippen LogP contribution in [-0.4, -0.2) is 94.1 Å². The summed E-state index contributed by atoms with van der Waals surface area (Å²) in [5.41, 5.74) is 6.75. The van der Waals surface area contributed by atoms with Crippen LogP contribution in [0.25, 0.3) is 32.8 Å². The van der Waals surface area contributed by atoms with Crippen molar-refractivity contribution in [2.45, 2.75) is 57.8 Å². The maximum atomic E-state index is 9.90. The molecule has 0 radical (unpaired) electrons. The second kappa shape index (κ2) is 12.3. The number of nitrogens with zero attached hydrogens (tertiary/aromatic N) is 4. The van der Waals surface area contributed by atoms with Crippen molar-refractivity contribution in [3.63, 3.8) is 0 Å². The number of para-hydroxylation sites is 1. The van der Waals surface area contributed by atoms with Crippen LogP contribution in [0.3, 0.4) is 0 Å². The van der Waals surface area contributed by atoms with E-state index in [0.717, 1.165) is 113 Å². The van der Waals surface area contributed by atoms with Crippen LogP contribution in [-0.2, 0) is 6.54 Å². The van der Waals surface area contributed by atoms with Crippen molar-refractivity contribution in [2.24, 2.45) is 0 Å². The Hall–Kier alpha value is -2.91. The van der Waals surface area contributed by atoms with Gasteiger partial charge in [-0.1, -0.05) is 25.1 Å². The van der Waals surface area contributed by atoms with Gasteiger partial charge in [-0.05, 0) is 56.4 Å². The molecule has 2 aliphatic heterocycles. The molecule has 0 spiro atoms. The second-order valence-electron chi connectivity index (χ2n) is 11.6. The second-order valence-corrected chi connectivity index (χ2v) is 11.6. The number of benzene rings is 2. The molecule has 0 bridgehead atoms. The third kappa shape index (κ3) is 5.77. The van der Waals surface area contributed by atoms with Gasteiger partial charge in [0.2, 0.25) is 0 Å². The summed E-state index contributed by atoms with van der Waals surface area (Å²) in [5.74, 6) is 0. The van der Waals surface area contributed by atoms with Crippen molar-refractivity contribution in [3.05, 3.63) is 42.5 Å². The zero-order chi connectivity index (χ0) is 27.5. The topological polar surface area (TPSA) is 88.8 Å². The Morgan fingerprint density at radius 3 is 2.12 bits per heavy atom. The third-order valence-electron chi connectivity index (χ3n) is 8.73. The quantitative estimate of drug-likeness (QED) is 0.234. The van der Waals surface area contributed by atoms with Gasteiger partial charge in [0.25, 0.3) is 0 Å². The molecule has 0 atom stereocenters. The summed E-state index contributed by atoms with van der Waals surface area (Å²) in [5, 5.41) is 29.5. The van der Waals surface area contributed by atoms with E-state index < -0.39 is 0 Å². The minimum Gasteiger partial charge on any atom is -0.393 e. The standard InChI is InChI=1S/C32H44N6O2/c1-2-15-38-29-6-4-3-5-27(29)31-32(38)30(34-14-21-37-18-11-25(40)12-19-37)26-8-7-23(22-28(26)35-31)33-13-20-36-16-9-24(39)10-17-36/h3-8,22,24-25,33,39-40H,2,9-21H2,1H3,(H,34,35). The average Bonchev–Trinajstić information content (AvgIpc) is 3.28. The maximum absolute atomic E-state index is 9.90. The van der Waals surface area contributed by atoms with Gasteiger partial charge in [0.15, 0.2) is 0 Å². The number of aromatic nitrogens is 2. The first-order valence-corrected chi connectivity index (χ1v) is 15.2. The van der Waals surface area contributed by atoms with Crippen molar-refractivity contribution in [2.75, 3.05) is 63.0 Å². The van der Waals surface area contributed by atoms with Crippen molar-refractivity contribution >= 4 is 44.2 Å². The summed E-state index contributed by atoms with van der Waals surface area (Å²) in [7, 11) is 0. The Bertz CT molecular complexity index is 1440. The first kappa shape index (κ1) is 27.3. The van der Waals surface area contributed by atoms with Gasteiger partial charge in [-0.15, -0.1) is 0 Å². The fraction of sp³-hybridized carbons (Fsp3) is 0.531. The first-order chi connectivity index (χ1) is 19.6. The highest BCUT2D eigenvalue weighted by Crippen LogP contribution is 2.38. The van der Waals surface area contributed by atoms with Crippen molar-refractivity contribution < 1.29 is 10.2 Å². The van der Waals surface area contributed by atoms with Crippen LogP contribution in [0.15, 0.2) is 42.5 Å². The summed E-state index contributed by atoms with van der Waals surface area (Å²) in [6, 6.07) is 15.2. The number of aryl methyl sites for hydroxylation is 1. The smallest absolute Gasteiger partial charge is 0.0988 e. The number of hydrogen-bond acceptors (Lipinski definition) is 7. The molecule has 0 amide bonds. The minimum absolute atomic E-state index is 0.133. The van der Waals surface area contributed by atoms with E-state index in [0.29, 0.717) is 0 Å². The molecule has 2 aromatic carbocycles. The van der Waals surface area contributed by atoms with Crippen LogP contribution in [0.1, 0.15) is 39.0 Å². The van der Waals surface area contributed by atoms with Gasteiger partial charge in [0, 0.05) is 75.4 Å². The maximum Gasteiger partial charge on any atom is 0.0988 e. The molecule has 6 rings (SSSR count). The molecule has 2 aromatic heterocycles. The molecule has 0 unspecified atom stereocenters. The van der Waals surface area contributed by atoms with Gasteiger partial charge in [-0.2, -0.15) is 0 Å². The van der Waals surface area contributed by atoms with Crippen molar-refractivity contribution in [1.29, 1.82) is 0 Å². The Balaban J connectivity index is 1.30. The van der Waals surface area contributed by atoms with Crippen molar-refractivity contribution in [3.8, 4) is 0 Å². The van der Waals surface area contributed by atoms with Gasteiger partial charge in [0.1, 0.15) is 0 Å². The lowest BCUT2D eigenvalue weighted by molar-refractivity contribution is 0.0843. The zero-order valence-electron chi connectivity index (χ0n) is 23.8. The van der Waals surface area contributed by atoms with Crippen LogP contribution in [0.4, 0.5) is 11.4 Å².